The second-order valence-electron chi connectivity index (χ2n) is 5.78. The van der Waals surface area contributed by atoms with Crippen LogP contribution in [0.4, 0.5) is 23.1 Å². The van der Waals surface area contributed by atoms with Gasteiger partial charge in [0.2, 0.25) is 5.95 Å². The first-order valence-electron chi connectivity index (χ1n) is 7.73. The molecule has 0 aliphatic rings. The predicted molar refractivity (Wildman–Crippen MR) is 101 cm³/mol. The Hall–Kier alpha value is -2.59. The monoisotopic (exact) mass is 338 g/mol. The number of aromatic nitrogens is 2. The van der Waals surface area contributed by atoms with Gasteiger partial charge in [-0.2, -0.15) is 4.98 Å². The number of hydrogen-bond acceptors (Lipinski definition) is 4. The Morgan fingerprint density at radius 3 is 1.75 bits per heavy atom. The predicted octanol–water partition coefficient (Wildman–Crippen LogP) is 5.54. The largest absolute Gasteiger partial charge is 0.339 e. The smallest absolute Gasteiger partial charge is 0.229 e. The molecule has 0 radical (unpaired) electrons. The van der Waals surface area contributed by atoms with Gasteiger partial charge < -0.3 is 10.6 Å². The summed E-state index contributed by atoms with van der Waals surface area (Å²) >= 11 is 6.35. The SMILES string of the molecule is Cc1ccc(Nc2nc(C)c(Cl)c(Nc3ccc(C)cc3)n2)cc1. The zero-order valence-corrected chi connectivity index (χ0v) is 14.6. The minimum Gasteiger partial charge on any atom is -0.339 e. The average Bonchev–Trinajstić information content (AvgIpc) is 2.56. The van der Waals surface area contributed by atoms with E-state index in [1.54, 1.807) is 0 Å². The van der Waals surface area contributed by atoms with Crippen LogP contribution in [0.25, 0.3) is 0 Å². The molecule has 0 unspecified atom stereocenters. The number of nitrogens with one attached hydrogen (secondary N) is 2. The third-order valence-corrected chi connectivity index (χ3v) is 4.09. The molecule has 3 aromatic rings. The van der Waals surface area contributed by atoms with Crippen molar-refractivity contribution in [1.29, 1.82) is 0 Å². The van der Waals surface area contributed by atoms with Crippen molar-refractivity contribution < 1.29 is 0 Å². The van der Waals surface area contributed by atoms with Crippen molar-refractivity contribution in [2.45, 2.75) is 20.8 Å². The molecule has 1 aromatic heterocycles. The minimum absolute atomic E-state index is 0.510. The molecule has 0 aliphatic carbocycles. The first-order valence-corrected chi connectivity index (χ1v) is 8.10. The van der Waals surface area contributed by atoms with Crippen LogP contribution in [0, 0.1) is 20.8 Å². The lowest BCUT2D eigenvalue weighted by molar-refractivity contribution is 1.11. The Bertz CT molecular complexity index is 842. The van der Waals surface area contributed by atoms with E-state index in [9.17, 15) is 0 Å². The van der Waals surface area contributed by atoms with E-state index in [-0.39, 0.29) is 0 Å². The molecule has 0 saturated carbocycles. The van der Waals surface area contributed by atoms with E-state index in [0.29, 0.717) is 16.8 Å². The van der Waals surface area contributed by atoms with Gasteiger partial charge in [0.25, 0.3) is 0 Å². The summed E-state index contributed by atoms with van der Waals surface area (Å²) < 4.78 is 0. The fourth-order valence-corrected chi connectivity index (χ4v) is 2.37. The summed E-state index contributed by atoms with van der Waals surface area (Å²) in [6.07, 6.45) is 0. The van der Waals surface area contributed by atoms with E-state index in [1.807, 2.05) is 55.5 Å². The third-order valence-electron chi connectivity index (χ3n) is 3.64. The van der Waals surface area contributed by atoms with Crippen LogP contribution < -0.4 is 10.6 Å². The second kappa shape index (κ2) is 6.89. The first kappa shape index (κ1) is 16.3. The summed E-state index contributed by atoms with van der Waals surface area (Å²) in [5.74, 6) is 1.10. The van der Waals surface area contributed by atoms with Crippen LogP contribution in [-0.2, 0) is 0 Å². The number of aryl methyl sites for hydroxylation is 3. The molecule has 122 valence electrons. The Morgan fingerprint density at radius 2 is 1.21 bits per heavy atom. The lowest BCUT2D eigenvalue weighted by Crippen LogP contribution is -2.03. The van der Waals surface area contributed by atoms with Crippen LogP contribution in [0.15, 0.2) is 48.5 Å². The zero-order valence-electron chi connectivity index (χ0n) is 13.9. The zero-order chi connectivity index (χ0) is 17.1. The van der Waals surface area contributed by atoms with Gasteiger partial charge in [-0.1, -0.05) is 47.0 Å². The Kier molecular flexibility index (Phi) is 4.67. The average molecular weight is 339 g/mol. The highest BCUT2D eigenvalue weighted by Gasteiger charge is 2.10. The number of halogens is 1. The summed E-state index contributed by atoms with van der Waals surface area (Å²) in [4.78, 5) is 8.92. The standard InChI is InChI=1S/C19H19ClN4/c1-12-4-8-15(9-5-12)22-18-17(20)14(3)21-19(24-18)23-16-10-6-13(2)7-11-16/h4-11H,1-3H3,(H2,21,22,23,24). The van der Waals surface area contributed by atoms with E-state index in [1.165, 1.54) is 11.1 Å². The van der Waals surface area contributed by atoms with Crippen LogP contribution in [0.2, 0.25) is 5.02 Å². The normalized spacial score (nSPS) is 10.5. The van der Waals surface area contributed by atoms with Gasteiger partial charge in [0.1, 0.15) is 5.02 Å². The van der Waals surface area contributed by atoms with Crippen molar-refractivity contribution in [2.24, 2.45) is 0 Å². The molecule has 0 bridgehead atoms. The summed E-state index contributed by atoms with van der Waals surface area (Å²) in [6, 6.07) is 16.1. The van der Waals surface area contributed by atoms with E-state index in [0.717, 1.165) is 17.1 Å². The first-order chi connectivity index (χ1) is 11.5. The van der Waals surface area contributed by atoms with Crippen LogP contribution in [0.1, 0.15) is 16.8 Å². The molecule has 2 N–H and O–H groups in total. The van der Waals surface area contributed by atoms with Crippen LogP contribution in [0.3, 0.4) is 0 Å². The van der Waals surface area contributed by atoms with Crippen LogP contribution in [-0.4, -0.2) is 9.97 Å². The quantitative estimate of drug-likeness (QED) is 0.655. The molecule has 5 heteroatoms. The maximum atomic E-state index is 6.35. The minimum atomic E-state index is 0.510. The highest BCUT2D eigenvalue weighted by Crippen LogP contribution is 2.28. The van der Waals surface area contributed by atoms with Crippen molar-refractivity contribution in [2.75, 3.05) is 10.6 Å². The number of anilines is 4. The van der Waals surface area contributed by atoms with Crippen molar-refractivity contribution in [1.82, 2.24) is 9.97 Å². The summed E-state index contributed by atoms with van der Waals surface area (Å²) in [6.45, 7) is 5.97. The van der Waals surface area contributed by atoms with Gasteiger partial charge in [0, 0.05) is 11.4 Å². The van der Waals surface area contributed by atoms with Crippen LogP contribution >= 0.6 is 11.6 Å². The second-order valence-corrected chi connectivity index (χ2v) is 6.16. The highest BCUT2D eigenvalue weighted by molar-refractivity contribution is 6.33. The maximum Gasteiger partial charge on any atom is 0.229 e. The third kappa shape index (κ3) is 3.84. The molecule has 0 saturated heterocycles. The van der Waals surface area contributed by atoms with Crippen molar-refractivity contribution in [3.05, 3.63) is 70.4 Å². The number of benzene rings is 2. The van der Waals surface area contributed by atoms with Gasteiger partial charge in [0.15, 0.2) is 5.82 Å². The lowest BCUT2D eigenvalue weighted by Gasteiger charge is -2.12. The molecule has 0 atom stereocenters. The van der Waals surface area contributed by atoms with E-state index < -0.39 is 0 Å². The molecule has 3 rings (SSSR count). The topological polar surface area (TPSA) is 49.8 Å². The molecule has 0 amide bonds. The fourth-order valence-electron chi connectivity index (χ4n) is 2.24. The lowest BCUT2D eigenvalue weighted by atomic mass is 10.2. The molecule has 1 heterocycles. The molecular formula is C19H19ClN4. The van der Waals surface area contributed by atoms with E-state index >= 15 is 0 Å². The number of hydrogen-bond donors (Lipinski definition) is 2. The van der Waals surface area contributed by atoms with Crippen LogP contribution in [0.5, 0.6) is 0 Å². The summed E-state index contributed by atoms with van der Waals surface area (Å²) in [5.41, 5.74) is 4.99. The Balaban J connectivity index is 1.87. The van der Waals surface area contributed by atoms with Gasteiger partial charge in [-0.3, -0.25) is 0 Å². The molecule has 0 aliphatic heterocycles. The Labute approximate surface area is 146 Å². The van der Waals surface area contributed by atoms with Gasteiger partial charge in [-0.25, -0.2) is 4.98 Å². The molecule has 0 fully saturated rings. The Morgan fingerprint density at radius 1 is 0.708 bits per heavy atom. The van der Waals surface area contributed by atoms with Crippen molar-refractivity contribution in [3.8, 4) is 0 Å². The van der Waals surface area contributed by atoms with Crippen molar-refractivity contribution >= 4 is 34.7 Å². The summed E-state index contributed by atoms with van der Waals surface area (Å²) in [7, 11) is 0. The molecule has 0 spiro atoms. The maximum absolute atomic E-state index is 6.35. The van der Waals surface area contributed by atoms with Gasteiger partial charge in [0.05, 0.1) is 5.69 Å². The van der Waals surface area contributed by atoms with E-state index in [4.69, 9.17) is 11.6 Å². The highest BCUT2D eigenvalue weighted by atomic mass is 35.5. The molecule has 2 aromatic carbocycles. The molecule has 24 heavy (non-hydrogen) atoms. The molecular weight excluding hydrogens is 320 g/mol. The van der Waals surface area contributed by atoms with Gasteiger partial charge in [-0.15, -0.1) is 0 Å². The molecule has 4 nitrogen and oxygen atoms in total. The van der Waals surface area contributed by atoms with E-state index in [2.05, 4.69) is 34.4 Å². The summed E-state index contributed by atoms with van der Waals surface area (Å²) in [5, 5.41) is 6.98. The fraction of sp³-hybridized carbons (Fsp3) is 0.158. The van der Waals surface area contributed by atoms with Gasteiger partial charge >= 0.3 is 0 Å². The van der Waals surface area contributed by atoms with Crippen molar-refractivity contribution in [3.63, 3.8) is 0 Å². The number of nitrogens with zero attached hydrogens (tertiary/aromatic N) is 2. The van der Waals surface area contributed by atoms with Gasteiger partial charge in [-0.05, 0) is 45.0 Å². The number of rotatable bonds is 4.